The summed E-state index contributed by atoms with van der Waals surface area (Å²) in [6, 6.07) is 5.79. The molecule has 1 amide bonds. The van der Waals surface area contributed by atoms with Gasteiger partial charge in [0.1, 0.15) is 11.6 Å². The number of ether oxygens (including phenoxy) is 1. The smallest absolute Gasteiger partial charge is 0.258 e. The van der Waals surface area contributed by atoms with E-state index in [9.17, 15) is 14.0 Å². The largest absolute Gasteiger partial charge is 0.484 e. The van der Waals surface area contributed by atoms with Crippen molar-refractivity contribution in [2.75, 3.05) is 6.61 Å². The minimum absolute atomic E-state index is 0.00484. The summed E-state index contributed by atoms with van der Waals surface area (Å²) in [6.45, 7) is 1.69. The molecular weight excluding hydrogens is 373 g/mol. The lowest BCUT2D eigenvalue weighted by molar-refractivity contribution is -0.164. The summed E-state index contributed by atoms with van der Waals surface area (Å²) in [4.78, 5) is 24.4. The van der Waals surface area contributed by atoms with Crippen LogP contribution in [-0.2, 0) is 4.79 Å². The van der Waals surface area contributed by atoms with Crippen LogP contribution in [0.5, 0.6) is 5.75 Å². The van der Waals surface area contributed by atoms with Crippen molar-refractivity contribution in [1.82, 2.24) is 5.32 Å². The lowest BCUT2D eigenvalue weighted by Gasteiger charge is -2.70. The number of carbonyl (C=O) groups is 2. The van der Waals surface area contributed by atoms with Crippen LogP contribution in [-0.4, -0.2) is 23.8 Å². The second-order valence-electron chi connectivity index (χ2n) is 7.81. The van der Waals surface area contributed by atoms with Crippen LogP contribution < -0.4 is 10.1 Å². The molecule has 27 heavy (non-hydrogen) atoms. The average Bonchev–Trinajstić information content (AvgIpc) is 2.99. The molecule has 3 saturated carbocycles. The Morgan fingerprint density at radius 3 is 2.67 bits per heavy atom. The zero-order valence-corrected chi connectivity index (χ0v) is 15.6. The molecule has 2 bridgehead atoms. The molecule has 3 fully saturated rings. The van der Waals surface area contributed by atoms with Crippen molar-refractivity contribution in [2.24, 2.45) is 5.41 Å². The van der Waals surface area contributed by atoms with Crippen LogP contribution in [0, 0.1) is 18.2 Å². The topological polar surface area (TPSA) is 68.5 Å². The monoisotopic (exact) mass is 391 g/mol. The number of Topliss-reactive ketones (excluding diaryl/α,β-unsaturated/α-hetero) is 1. The van der Waals surface area contributed by atoms with Gasteiger partial charge in [-0.3, -0.25) is 9.59 Å². The van der Waals surface area contributed by atoms with Gasteiger partial charge in [0.25, 0.3) is 5.91 Å². The molecule has 0 aliphatic heterocycles. The van der Waals surface area contributed by atoms with Gasteiger partial charge < -0.3 is 14.5 Å². The molecule has 1 heterocycles. The summed E-state index contributed by atoms with van der Waals surface area (Å²) in [6.07, 6.45) is 4.37. The number of hydrogen-bond acceptors (Lipinski definition) is 4. The van der Waals surface area contributed by atoms with Gasteiger partial charge in [-0.15, -0.1) is 0 Å². The molecule has 0 atom stereocenters. The van der Waals surface area contributed by atoms with E-state index in [4.69, 9.17) is 20.8 Å². The van der Waals surface area contributed by atoms with Crippen LogP contribution in [0.2, 0.25) is 5.02 Å². The third-order valence-corrected chi connectivity index (χ3v) is 5.65. The SMILES string of the molecule is Cc1coc(C(=O)CC23CC(NC(=O)COc4ccc(Cl)c(F)c4)(C2)C3)c1. The molecule has 5 nitrogen and oxygen atoms in total. The maximum atomic E-state index is 13.4. The Bertz CT molecular complexity index is 903. The maximum Gasteiger partial charge on any atom is 0.258 e. The fraction of sp³-hybridized carbons (Fsp3) is 0.400. The van der Waals surface area contributed by atoms with Gasteiger partial charge in [-0.1, -0.05) is 11.6 Å². The Kier molecular flexibility index (Phi) is 4.26. The maximum absolute atomic E-state index is 13.4. The summed E-state index contributed by atoms with van der Waals surface area (Å²) in [5.74, 6) is -0.186. The van der Waals surface area contributed by atoms with Gasteiger partial charge in [-0.25, -0.2) is 4.39 Å². The first kappa shape index (κ1) is 18.0. The number of ketones is 1. The molecule has 0 saturated heterocycles. The predicted molar refractivity (Wildman–Crippen MR) is 96.5 cm³/mol. The minimum atomic E-state index is -0.590. The number of rotatable bonds is 7. The summed E-state index contributed by atoms with van der Waals surface area (Å²) in [7, 11) is 0. The lowest BCUT2D eigenvalue weighted by Crippen LogP contribution is -2.75. The molecule has 1 aromatic heterocycles. The molecule has 1 aromatic carbocycles. The van der Waals surface area contributed by atoms with Crippen molar-refractivity contribution in [3.05, 3.63) is 52.7 Å². The first-order valence-corrected chi connectivity index (χ1v) is 9.13. The number of carbonyl (C=O) groups excluding carboxylic acids is 2. The van der Waals surface area contributed by atoms with Crippen molar-refractivity contribution in [1.29, 1.82) is 0 Å². The normalized spacial score (nSPS) is 25.3. The van der Waals surface area contributed by atoms with Gasteiger partial charge in [0, 0.05) is 18.0 Å². The van der Waals surface area contributed by atoms with E-state index in [-0.39, 0.29) is 40.0 Å². The molecule has 7 heteroatoms. The highest BCUT2D eigenvalue weighted by Crippen LogP contribution is 2.69. The summed E-state index contributed by atoms with van der Waals surface area (Å²) in [5.41, 5.74) is 0.677. The van der Waals surface area contributed by atoms with Crippen LogP contribution in [0.3, 0.4) is 0 Å². The van der Waals surface area contributed by atoms with Crippen molar-refractivity contribution >= 4 is 23.3 Å². The van der Waals surface area contributed by atoms with Crippen LogP contribution >= 0.6 is 11.6 Å². The zero-order chi connectivity index (χ0) is 19.2. The quantitative estimate of drug-likeness (QED) is 0.722. The van der Waals surface area contributed by atoms with Gasteiger partial charge in [-0.2, -0.15) is 0 Å². The van der Waals surface area contributed by atoms with Gasteiger partial charge in [0.2, 0.25) is 0 Å². The second kappa shape index (κ2) is 6.37. The Labute approximate surface area is 160 Å². The highest BCUT2D eigenvalue weighted by molar-refractivity contribution is 6.30. The molecule has 5 rings (SSSR count). The van der Waals surface area contributed by atoms with Crippen molar-refractivity contribution in [3.8, 4) is 5.75 Å². The van der Waals surface area contributed by atoms with Crippen LogP contribution in [0.4, 0.5) is 4.39 Å². The van der Waals surface area contributed by atoms with Gasteiger partial charge in [0.05, 0.1) is 11.3 Å². The fourth-order valence-corrected chi connectivity index (χ4v) is 4.49. The number of nitrogens with one attached hydrogen (secondary N) is 1. The Balaban J connectivity index is 1.23. The number of aryl methyl sites for hydroxylation is 1. The number of amides is 1. The Hall–Kier alpha value is -2.34. The molecule has 0 unspecified atom stereocenters. The third-order valence-electron chi connectivity index (χ3n) is 5.35. The minimum Gasteiger partial charge on any atom is -0.484 e. The van der Waals surface area contributed by atoms with E-state index < -0.39 is 5.82 Å². The molecule has 0 spiro atoms. The molecule has 2 aromatic rings. The highest BCUT2D eigenvalue weighted by Gasteiger charge is 2.68. The number of halogens is 2. The lowest BCUT2D eigenvalue weighted by atomic mass is 9.38. The van der Waals surface area contributed by atoms with Gasteiger partial charge in [-0.05, 0) is 55.4 Å². The number of furan rings is 1. The van der Waals surface area contributed by atoms with Crippen LogP contribution in [0.15, 0.2) is 34.9 Å². The fourth-order valence-electron chi connectivity index (χ4n) is 4.37. The highest BCUT2D eigenvalue weighted by atomic mass is 35.5. The van der Waals surface area contributed by atoms with Crippen molar-refractivity contribution in [2.45, 2.75) is 38.1 Å². The summed E-state index contributed by atoms with van der Waals surface area (Å²) in [5, 5.41) is 2.98. The number of benzene rings is 1. The summed E-state index contributed by atoms with van der Waals surface area (Å²) < 4.78 is 23.9. The molecule has 0 radical (unpaired) electrons. The van der Waals surface area contributed by atoms with Crippen LogP contribution in [0.25, 0.3) is 0 Å². The van der Waals surface area contributed by atoms with E-state index in [2.05, 4.69) is 5.32 Å². The molecule has 1 N–H and O–H groups in total. The molecular formula is C20H19ClFNO4. The third kappa shape index (κ3) is 3.46. The standard InChI is InChI=1S/C20H19ClFNO4/c1-12-4-17(27-7-12)16(24)6-19-9-20(10-19,11-19)23-18(25)8-26-13-2-3-14(21)15(22)5-13/h2-5,7H,6,8-11H2,1H3,(H,23,25). The average molecular weight is 392 g/mol. The Morgan fingerprint density at radius 2 is 2.04 bits per heavy atom. The Morgan fingerprint density at radius 1 is 1.30 bits per heavy atom. The van der Waals surface area contributed by atoms with E-state index in [0.29, 0.717) is 12.2 Å². The first-order valence-electron chi connectivity index (χ1n) is 8.75. The van der Waals surface area contributed by atoms with Crippen molar-refractivity contribution < 1.29 is 23.1 Å². The van der Waals surface area contributed by atoms with Gasteiger partial charge in [0.15, 0.2) is 18.2 Å². The second-order valence-corrected chi connectivity index (χ2v) is 8.22. The van der Waals surface area contributed by atoms with E-state index >= 15 is 0 Å². The molecule has 142 valence electrons. The van der Waals surface area contributed by atoms with E-state index in [0.717, 1.165) is 30.9 Å². The van der Waals surface area contributed by atoms with Crippen LogP contribution in [0.1, 0.15) is 41.8 Å². The molecule has 3 aliphatic rings. The number of hydrogen-bond donors (Lipinski definition) is 1. The predicted octanol–water partition coefficient (Wildman–Crippen LogP) is 4.07. The van der Waals surface area contributed by atoms with E-state index in [1.54, 1.807) is 12.3 Å². The van der Waals surface area contributed by atoms with E-state index in [1.165, 1.54) is 12.1 Å². The summed E-state index contributed by atoms with van der Waals surface area (Å²) >= 11 is 5.61. The van der Waals surface area contributed by atoms with Gasteiger partial charge >= 0.3 is 0 Å². The first-order chi connectivity index (χ1) is 12.8. The van der Waals surface area contributed by atoms with Crippen molar-refractivity contribution in [3.63, 3.8) is 0 Å². The zero-order valence-electron chi connectivity index (χ0n) is 14.8. The molecule has 3 aliphatic carbocycles. The van der Waals surface area contributed by atoms with E-state index in [1.807, 2.05) is 6.92 Å².